The molecule has 0 atom stereocenters. The number of hydrogen-bond acceptors (Lipinski definition) is 6. The van der Waals surface area contributed by atoms with Crippen LogP contribution in [0.5, 0.6) is 17.2 Å². The third-order valence-electron chi connectivity index (χ3n) is 4.21. The molecule has 0 fully saturated rings. The van der Waals surface area contributed by atoms with Crippen molar-refractivity contribution in [3.63, 3.8) is 0 Å². The van der Waals surface area contributed by atoms with E-state index in [1.165, 1.54) is 0 Å². The Bertz CT molecular complexity index is 1010. The average Bonchev–Trinajstić information content (AvgIpc) is 2.81. The molecule has 2 aromatic carbocycles. The van der Waals surface area contributed by atoms with E-state index < -0.39 is 0 Å². The number of methoxy groups -OCH3 is 1. The van der Waals surface area contributed by atoms with Crippen LogP contribution in [0.25, 0.3) is 0 Å². The van der Waals surface area contributed by atoms with Crippen LogP contribution in [0, 0.1) is 11.3 Å². The molecule has 0 bridgehead atoms. The van der Waals surface area contributed by atoms with E-state index in [2.05, 4.69) is 10.3 Å². The summed E-state index contributed by atoms with van der Waals surface area (Å²) in [4.78, 5) is 16.0. The largest absolute Gasteiger partial charge is 0.493 e. The molecule has 0 aliphatic rings. The van der Waals surface area contributed by atoms with Gasteiger partial charge >= 0.3 is 0 Å². The minimum Gasteiger partial charge on any atom is -0.493 e. The van der Waals surface area contributed by atoms with E-state index in [0.717, 1.165) is 11.1 Å². The molecular formula is C23H21N3O4. The SMILES string of the molecule is COc1cc(CNC(=O)COc2ccc(C#N)cc2)ccc1OCc1ccncc1. The highest BCUT2D eigenvalue weighted by Gasteiger charge is 2.08. The van der Waals surface area contributed by atoms with Crippen LogP contribution in [-0.2, 0) is 17.9 Å². The van der Waals surface area contributed by atoms with Crippen LogP contribution in [0.3, 0.4) is 0 Å². The lowest BCUT2D eigenvalue weighted by Gasteiger charge is -2.13. The first kappa shape index (κ1) is 20.7. The molecular weight excluding hydrogens is 382 g/mol. The molecule has 3 aromatic rings. The summed E-state index contributed by atoms with van der Waals surface area (Å²) in [6, 6.07) is 17.9. The molecule has 1 amide bonds. The van der Waals surface area contributed by atoms with Gasteiger partial charge in [-0.1, -0.05) is 6.07 Å². The summed E-state index contributed by atoms with van der Waals surface area (Å²) in [6.07, 6.45) is 3.43. The number of amides is 1. The molecule has 1 aromatic heterocycles. The molecule has 152 valence electrons. The molecule has 0 saturated carbocycles. The van der Waals surface area contributed by atoms with Gasteiger partial charge in [-0.3, -0.25) is 9.78 Å². The Kier molecular flexibility index (Phi) is 7.23. The van der Waals surface area contributed by atoms with Gasteiger partial charge in [0.05, 0.1) is 18.7 Å². The number of carbonyl (C=O) groups excluding carboxylic acids is 1. The highest BCUT2D eigenvalue weighted by atomic mass is 16.5. The van der Waals surface area contributed by atoms with Crippen LogP contribution in [-0.4, -0.2) is 24.6 Å². The lowest BCUT2D eigenvalue weighted by Crippen LogP contribution is -2.28. The number of ether oxygens (including phenoxy) is 3. The van der Waals surface area contributed by atoms with Gasteiger partial charge in [-0.05, 0) is 59.7 Å². The molecule has 7 nitrogen and oxygen atoms in total. The first-order chi connectivity index (χ1) is 14.7. The van der Waals surface area contributed by atoms with Crippen molar-refractivity contribution in [3.8, 4) is 23.3 Å². The standard InChI is InChI=1S/C23H21N3O4/c1-28-22-12-19(4-7-21(22)30-15-18-8-10-25-11-9-18)14-26-23(27)16-29-20-5-2-17(13-24)3-6-20/h2-12H,14-16H2,1H3,(H,26,27). The van der Waals surface area contributed by atoms with E-state index in [4.69, 9.17) is 19.5 Å². The van der Waals surface area contributed by atoms with E-state index in [1.54, 1.807) is 43.8 Å². The van der Waals surface area contributed by atoms with Gasteiger partial charge in [0, 0.05) is 18.9 Å². The Hall–Kier alpha value is -4.05. The van der Waals surface area contributed by atoms with Crippen LogP contribution in [0.2, 0.25) is 0 Å². The number of nitrogens with one attached hydrogen (secondary N) is 1. The minimum atomic E-state index is -0.253. The van der Waals surface area contributed by atoms with Gasteiger partial charge in [0.2, 0.25) is 0 Å². The fourth-order valence-electron chi connectivity index (χ4n) is 2.61. The molecule has 30 heavy (non-hydrogen) atoms. The Labute approximate surface area is 174 Å². The molecule has 1 N–H and O–H groups in total. The molecule has 1 heterocycles. The smallest absolute Gasteiger partial charge is 0.258 e. The Balaban J connectivity index is 1.49. The highest BCUT2D eigenvalue weighted by Crippen LogP contribution is 2.28. The van der Waals surface area contributed by atoms with Crippen molar-refractivity contribution < 1.29 is 19.0 Å². The number of rotatable bonds is 9. The van der Waals surface area contributed by atoms with E-state index >= 15 is 0 Å². The number of carbonyl (C=O) groups is 1. The van der Waals surface area contributed by atoms with E-state index in [1.807, 2.05) is 36.4 Å². The van der Waals surface area contributed by atoms with Crippen LogP contribution in [0.15, 0.2) is 67.0 Å². The lowest BCUT2D eigenvalue weighted by molar-refractivity contribution is -0.123. The second-order valence-electron chi connectivity index (χ2n) is 6.33. The van der Waals surface area contributed by atoms with Crippen molar-refractivity contribution in [1.82, 2.24) is 10.3 Å². The monoisotopic (exact) mass is 403 g/mol. The zero-order valence-electron chi connectivity index (χ0n) is 16.5. The van der Waals surface area contributed by atoms with Crippen LogP contribution in [0.4, 0.5) is 0 Å². The summed E-state index contributed by atoms with van der Waals surface area (Å²) in [5.74, 6) is 1.48. The molecule has 0 aliphatic carbocycles. The fraction of sp³-hybridized carbons (Fsp3) is 0.174. The first-order valence-electron chi connectivity index (χ1n) is 9.26. The fourth-order valence-corrected chi connectivity index (χ4v) is 2.61. The first-order valence-corrected chi connectivity index (χ1v) is 9.26. The second-order valence-corrected chi connectivity index (χ2v) is 6.33. The van der Waals surface area contributed by atoms with E-state index in [-0.39, 0.29) is 12.5 Å². The maximum absolute atomic E-state index is 12.0. The van der Waals surface area contributed by atoms with Gasteiger partial charge in [-0.25, -0.2) is 0 Å². The Morgan fingerprint density at radius 1 is 1.00 bits per heavy atom. The molecule has 0 saturated heterocycles. The summed E-state index contributed by atoms with van der Waals surface area (Å²) in [7, 11) is 1.57. The molecule has 7 heteroatoms. The van der Waals surface area contributed by atoms with Gasteiger partial charge in [0.15, 0.2) is 18.1 Å². The predicted molar refractivity (Wildman–Crippen MR) is 110 cm³/mol. The van der Waals surface area contributed by atoms with Crippen molar-refractivity contribution in [2.45, 2.75) is 13.2 Å². The summed E-state index contributed by atoms with van der Waals surface area (Å²) < 4.78 is 16.6. The summed E-state index contributed by atoms with van der Waals surface area (Å²) in [6.45, 7) is 0.619. The van der Waals surface area contributed by atoms with Crippen molar-refractivity contribution in [2.75, 3.05) is 13.7 Å². The minimum absolute atomic E-state index is 0.115. The third kappa shape index (κ3) is 5.97. The molecule has 0 unspecified atom stereocenters. The number of nitriles is 1. The van der Waals surface area contributed by atoms with Gasteiger partial charge in [-0.15, -0.1) is 0 Å². The number of nitrogens with zero attached hydrogens (tertiary/aromatic N) is 2. The van der Waals surface area contributed by atoms with Gasteiger partial charge in [0.1, 0.15) is 12.4 Å². The quantitative estimate of drug-likeness (QED) is 0.590. The van der Waals surface area contributed by atoms with Gasteiger partial charge in [-0.2, -0.15) is 5.26 Å². The number of hydrogen-bond donors (Lipinski definition) is 1. The van der Waals surface area contributed by atoms with Crippen LogP contribution < -0.4 is 19.5 Å². The van der Waals surface area contributed by atoms with Crippen LogP contribution in [0.1, 0.15) is 16.7 Å². The Morgan fingerprint density at radius 2 is 1.77 bits per heavy atom. The summed E-state index contributed by atoms with van der Waals surface area (Å²) >= 11 is 0. The molecule has 0 radical (unpaired) electrons. The maximum Gasteiger partial charge on any atom is 0.258 e. The topological polar surface area (TPSA) is 93.5 Å². The number of aromatic nitrogens is 1. The second kappa shape index (κ2) is 10.5. The molecule has 0 aliphatic heterocycles. The van der Waals surface area contributed by atoms with Crippen LogP contribution >= 0.6 is 0 Å². The molecule has 0 spiro atoms. The zero-order valence-corrected chi connectivity index (χ0v) is 16.5. The number of pyridine rings is 1. The van der Waals surface area contributed by atoms with E-state index in [0.29, 0.717) is 36.0 Å². The summed E-state index contributed by atoms with van der Waals surface area (Å²) in [5.41, 5.74) is 2.41. The summed E-state index contributed by atoms with van der Waals surface area (Å²) in [5, 5.41) is 11.6. The normalized spacial score (nSPS) is 10.0. The van der Waals surface area contributed by atoms with E-state index in [9.17, 15) is 4.79 Å². The third-order valence-corrected chi connectivity index (χ3v) is 4.21. The zero-order chi connectivity index (χ0) is 21.2. The maximum atomic E-state index is 12.0. The lowest BCUT2D eigenvalue weighted by atomic mass is 10.2. The average molecular weight is 403 g/mol. The van der Waals surface area contributed by atoms with Crippen molar-refractivity contribution in [1.29, 1.82) is 5.26 Å². The van der Waals surface area contributed by atoms with Gasteiger partial charge < -0.3 is 19.5 Å². The van der Waals surface area contributed by atoms with Crippen molar-refractivity contribution >= 4 is 5.91 Å². The van der Waals surface area contributed by atoms with Crippen molar-refractivity contribution in [2.24, 2.45) is 0 Å². The number of benzene rings is 2. The van der Waals surface area contributed by atoms with Crippen molar-refractivity contribution in [3.05, 3.63) is 83.7 Å². The van der Waals surface area contributed by atoms with Gasteiger partial charge in [0.25, 0.3) is 5.91 Å². The Morgan fingerprint density at radius 3 is 2.47 bits per heavy atom. The predicted octanol–water partition coefficient (Wildman–Crippen LogP) is 3.24. The highest BCUT2D eigenvalue weighted by molar-refractivity contribution is 5.77. The molecule has 3 rings (SSSR count).